The summed E-state index contributed by atoms with van der Waals surface area (Å²) < 4.78 is 13.0. The molecule has 0 amide bonds. The van der Waals surface area contributed by atoms with Crippen molar-refractivity contribution in [3.63, 3.8) is 0 Å². The minimum atomic E-state index is -0.375. The maximum atomic E-state index is 13.0. The van der Waals surface area contributed by atoms with Crippen LogP contribution in [-0.2, 0) is 24.1 Å². The Morgan fingerprint density at radius 1 is 1.15 bits per heavy atom. The maximum absolute atomic E-state index is 13.0. The lowest BCUT2D eigenvalue weighted by molar-refractivity contribution is -0.121. The minimum absolute atomic E-state index is 0.0218. The number of halogens is 2. The molecule has 20 heavy (non-hydrogen) atoms. The Kier molecular flexibility index (Phi) is 3.58. The zero-order chi connectivity index (χ0) is 14.1. The highest BCUT2D eigenvalue weighted by Gasteiger charge is 2.27. The average molecular weight is 289 g/mol. The molecule has 0 saturated carbocycles. The fourth-order valence-electron chi connectivity index (χ4n) is 2.78. The molecule has 1 aliphatic carbocycles. The summed E-state index contributed by atoms with van der Waals surface area (Å²) in [5, 5.41) is 0.328. The largest absolute Gasteiger partial charge is 0.299 e. The predicted molar refractivity (Wildman–Crippen MR) is 77.5 cm³/mol. The van der Waals surface area contributed by atoms with Gasteiger partial charge in [0, 0.05) is 17.4 Å². The molecule has 102 valence electrons. The molecule has 3 heteroatoms. The number of rotatable bonds is 3. The molecular weight excluding hydrogens is 275 g/mol. The Balaban J connectivity index is 1.72. The molecule has 0 aliphatic heterocycles. The second-order valence-corrected chi connectivity index (χ2v) is 5.66. The van der Waals surface area contributed by atoms with Crippen LogP contribution in [0.25, 0.3) is 0 Å². The highest BCUT2D eigenvalue weighted by Crippen LogP contribution is 2.28. The van der Waals surface area contributed by atoms with E-state index < -0.39 is 0 Å². The van der Waals surface area contributed by atoms with Crippen molar-refractivity contribution in [2.45, 2.75) is 19.3 Å². The maximum Gasteiger partial charge on any atom is 0.141 e. The van der Waals surface area contributed by atoms with Gasteiger partial charge in [0.15, 0.2) is 0 Å². The molecule has 0 atom stereocenters. The molecule has 3 rings (SSSR count). The topological polar surface area (TPSA) is 17.1 Å². The van der Waals surface area contributed by atoms with E-state index in [1.165, 1.54) is 23.3 Å². The molecule has 1 aliphatic rings. The molecule has 0 spiro atoms. The zero-order valence-electron chi connectivity index (χ0n) is 10.9. The molecule has 0 bridgehead atoms. The fraction of sp³-hybridized carbons (Fsp3) is 0.235. The van der Waals surface area contributed by atoms with Crippen molar-refractivity contribution >= 4 is 17.4 Å². The van der Waals surface area contributed by atoms with Crippen LogP contribution in [0.15, 0.2) is 42.5 Å². The average Bonchev–Trinajstić information content (AvgIpc) is 2.86. The van der Waals surface area contributed by atoms with Crippen LogP contribution in [0.5, 0.6) is 0 Å². The van der Waals surface area contributed by atoms with Gasteiger partial charge in [-0.2, -0.15) is 0 Å². The van der Waals surface area contributed by atoms with Gasteiger partial charge in [-0.15, -0.1) is 0 Å². The van der Waals surface area contributed by atoms with Gasteiger partial charge in [0.1, 0.15) is 11.6 Å². The van der Waals surface area contributed by atoms with Crippen LogP contribution in [0.4, 0.5) is 4.39 Å². The van der Waals surface area contributed by atoms with Crippen LogP contribution in [0.1, 0.15) is 16.7 Å². The Bertz CT molecular complexity index is 641. The Hall–Kier alpha value is -1.67. The van der Waals surface area contributed by atoms with Gasteiger partial charge >= 0.3 is 0 Å². The van der Waals surface area contributed by atoms with Crippen LogP contribution in [0.3, 0.4) is 0 Å². The third-order valence-electron chi connectivity index (χ3n) is 3.89. The smallest absolute Gasteiger partial charge is 0.141 e. The van der Waals surface area contributed by atoms with Gasteiger partial charge in [0.25, 0.3) is 0 Å². The lowest BCUT2D eigenvalue weighted by Gasteiger charge is -2.09. The first-order chi connectivity index (χ1) is 9.63. The third kappa shape index (κ3) is 2.61. The summed E-state index contributed by atoms with van der Waals surface area (Å²) in [4.78, 5) is 12.4. The first-order valence-electron chi connectivity index (χ1n) is 6.67. The summed E-state index contributed by atoms with van der Waals surface area (Å²) in [7, 11) is 0. The zero-order valence-corrected chi connectivity index (χ0v) is 11.7. The van der Waals surface area contributed by atoms with E-state index in [4.69, 9.17) is 11.6 Å². The highest BCUT2D eigenvalue weighted by atomic mass is 35.5. The number of benzene rings is 2. The second-order valence-electron chi connectivity index (χ2n) is 5.25. The molecule has 0 fully saturated rings. The van der Waals surface area contributed by atoms with Crippen LogP contribution in [-0.4, -0.2) is 5.78 Å². The lowest BCUT2D eigenvalue weighted by Crippen LogP contribution is -2.17. The number of ketones is 1. The summed E-state index contributed by atoms with van der Waals surface area (Å²) in [6, 6.07) is 12.4. The van der Waals surface area contributed by atoms with Gasteiger partial charge in [-0.3, -0.25) is 4.79 Å². The van der Waals surface area contributed by atoms with E-state index in [0.29, 0.717) is 10.6 Å². The second kappa shape index (κ2) is 5.37. The van der Waals surface area contributed by atoms with E-state index in [1.807, 2.05) is 12.1 Å². The van der Waals surface area contributed by atoms with Crippen molar-refractivity contribution in [3.8, 4) is 0 Å². The lowest BCUT2D eigenvalue weighted by atomic mass is 9.95. The van der Waals surface area contributed by atoms with Crippen LogP contribution in [0, 0.1) is 11.7 Å². The molecule has 2 aromatic carbocycles. The number of Topliss-reactive ketones (excluding diaryl/α,β-unsaturated/α-hetero) is 1. The summed E-state index contributed by atoms with van der Waals surface area (Å²) in [6.07, 6.45) is 1.87. The standard InChI is InChI=1S/C17H14ClFO/c18-16-10-15(19)6-5-13(16)9-17(20)14-7-11-3-1-2-4-12(11)8-14/h1-6,10,14H,7-9H2. The van der Waals surface area contributed by atoms with E-state index in [0.717, 1.165) is 12.8 Å². The SMILES string of the molecule is O=C(Cc1ccc(F)cc1Cl)C1Cc2ccccc2C1. The van der Waals surface area contributed by atoms with Gasteiger partial charge in [0.05, 0.1) is 0 Å². The van der Waals surface area contributed by atoms with Crippen molar-refractivity contribution in [1.82, 2.24) is 0 Å². The van der Waals surface area contributed by atoms with E-state index in [9.17, 15) is 9.18 Å². The molecular formula is C17H14ClFO. The van der Waals surface area contributed by atoms with Crippen molar-refractivity contribution in [3.05, 3.63) is 70.0 Å². The number of fused-ring (bicyclic) bond motifs is 1. The number of hydrogen-bond acceptors (Lipinski definition) is 1. The third-order valence-corrected chi connectivity index (χ3v) is 4.24. The summed E-state index contributed by atoms with van der Waals surface area (Å²) in [5.74, 6) is -0.178. The van der Waals surface area contributed by atoms with Crippen LogP contribution < -0.4 is 0 Å². The number of hydrogen-bond donors (Lipinski definition) is 0. The number of carbonyl (C=O) groups excluding carboxylic acids is 1. The molecule has 0 saturated heterocycles. The summed E-state index contributed by atoms with van der Waals surface area (Å²) in [5.41, 5.74) is 3.22. The Morgan fingerprint density at radius 2 is 1.80 bits per heavy atom. The highest BCUT2D eigenvalue weighted by molar-refractivity contribution is 6.31. The fourth-order valence-corrected chi connectivity index (χ4v) is 3.02. The van der Waals surface area contributed by atoms with E-state index >= 15 is 0 Å². The summed E-state index contributed by atoms with van der Waals surface area (Å²) in [6.45, 7) is 0. The van der Waals surface area contributed by atoms with Gasteiger partial charge in [0.2, 0.25) is 0 Å². The van der Waals surface area contributed by atoms with E-state index in [-0.39, 0.29) is 23.9 Å². The Labute approximate surface area is 122 Å². The summed E-state index contributed by atoms with van der Waals surface area (Å²) >= 11 is 5.98. The molecule has 0 unspecified atom stereocenters. The van der Waals surface area contributed by atoms with E-state index in [2.05, 4.69) is 12.1 Å². The van der Waals surface area contributed by atoms with Gasteiger partial charge < -0.3 is 0 Å². The van der Waals surface area contributed by atoms with Gasteiger partial charge in [-0.05, 0) is 41.7 Å². The molecule has 0 N–H and O–H groups in total. The normalized spacial score (nSPS) is 14.3. The monoisotopic (exact) mass is 288 g/mol. The molecule has 2 aromatic rings. The molecule has 1 nitrogen and oxygen atoms in total. The van der Waals surface area contributed by atoms with Crippen molar-refractivity contribution < 1.29 is 9.18 Å². The predicted octanol–water partition coefficient (Wildman–Crippen LogP) is 4.01. The van der Waals surface area contributed by atoms with Gasteiger partial charge in [-0.1, -0.05) is 41.9 Å². The minimum Gasteiger partial charge on any atom is -0.299 e. The molecule has 0 aromatic heterocycles. The first-order valence-corrected chi connectivity index (χ1v) is 7.04. The Morgan fingerprint density at radius 3 is 2.40 bits per heavy atom. The molecule has 0 radical (unpaired) electrons. The quantitative estimate of drug-likeness (QED) is 0.834. The van der Waals surface area contributed by atoms with Crippen LogP contribution >= 0.6 is 11.6 Å². The van der Waals surface area contributed by atoms with Crippen molar-refractivity contribution in [1.29, 1.82) is 0 Å². The van der Waals surface area contributed by atoms with Crippen molar-refractivity contribution in [2.75, 3.05) is 0 Å². The van der Waals surface area contributed by atoms with Crippen LogP contribution in [0.2, 0.25) is 5.02 Å². The van der Waals surface area contributed by atoms with E-state index in [1.54, 1.807) is 6.07 Å². The van der Waals surface area contributed by atoms with Crippen molar-refractivity contribution in [2.24, 2.45) is 5.92 Å². The van der Waals surface area contributed by atoms with Gasteiger partial charge in [-0.25, -0.2) is 4.39 Å². The first kappa shape index (κ1) is 13.3. The number of carbonyl (C=O) groups is 1. The molecule has 0 heterocycles.